The lowest BCUT2D eigenvalue weighted by Gasteiger charge is -2.19. The van der Waals surface area contributed by atoms with Gasteiger partial charge in [-0.1, -0.05) is 57.2 Å². The fourth-order valence-corrected chi connectivity index (χ4v) is 4.69. The number of carbonyl (C=O) groups excluding carboxylic acids is 1. The Balaban J connectivity index is 1.59. The Kier molecular flexibility index (Phi) is 8.17. The van der Waals surface area contributed by atoms with E-state index in [0.29, 0.717) is 40.3 Å². The van der Waals surface area contributed by atoms with Crippen LogP contribution in [0.5, 0.6) is 0 Å². The van der Waals surface area contributed by atoms with Crippen LogP contribution in [0.15, 0.2) is 66.7 Å². The summed E-state index contributed by atoms with van der Waals surface area (Å²) < 4.78 is 25.3. The van der Waals surface area contributed by atoms with Crippen molar-refractivity contribution in [3.05, 3.63) is 94.8 Å². The first-order valence-corrected chi connectivity index (χ1v) is 14.4. The highest BCUT2D eigenvalue weighted by Crippen LogP contribution is 2.29. The quantitative estimate of drug-likeness (QED) is 0.250. The fraction of sp³-hybridized carbons (Fsp3) is 0.241. The Morgan fingerprint density at radius 1 is 0.950 bits per heavy atom. The zero-order valence-electron chi connectivity index (χ0n) is 22.8. The minimum absolute atomic E-state index is 0.00706. The lowest BCUT2D eigenvalue weighted by atomic mass is 9.86. The predicted molar refractivity (Wildman–Crippen MR) is 156 cm³/mol. The van der Waals surface area contributed by atoms with Gasteiger partial charge >= 0.3 is 0 Å². The number of anilines is 3. The van der Waals surface area contributed by atoms with Crippen LogP contribution in [-0.2, 0) is 28.5 Å². The number of nitrogens with one attached hydrogen (secondary N) is 2. The van der Waals surface area contributed by atoms with Crippen molar-refractivity contribution in [2.24, 2.45) is 0 Å². The second-order valence-electron chi connectivity index (χ2n) is 10.5. The number of hydrogen-bond acceptors (Lipinski definition) is 8. The van der Waals surface area contributed by atoms with Crippen molar-refractivity contribution in [2.75, 3.05) is 22.0 Å². The van der Waals surface area contributed by atoms with E-state index in [0.717, 1.165) is 17.4 Å². The van der Waals surface area contributed by atoms with Crippen LogP contribution in [0.3, 0.4) is 0 Å². The lowest BCUT2D eigenvalue weighted by molar-refractivity contribution is 0.102. The van der Waals surface area contributed by atoms with Gasteiger partial charge in [-0.15, -0.1) is 0 Å². The van der Waals surface area contributed by atoms with Crippen LogP contribution < -0.4 is 15.8 Å². The normalized spacial score (nSPS) is 11.7. The van der Waals surface area contributed by atoms with Crippen LogP contribution in [0.4, 0.5) is 17.3 Å². The Labute approximate surface area is 233 Å². The molecule has 208 valence electrons. The highest BCUT2D eigenvalue weighted by atomic mass is 32.2. The van der Waals surface area contributed by atoms with E-state index in [4.69, 9.17) is 5.73 Å². The minimum atomic E-state index is -3.38. The maximum atomic E-state index is 13.0. The Morgan fingerprint density at radius 3 is 2.23 bits per heavy atom. The van der Waals surface area contributed by atoms with Crippen LogP contribution in [0, 0.1) is 0 Å². The van der Waals surface area contributed by atoms with Gasteiger partial charge in [0.05, 0.1) is 12.9 Å². The average molecular weight is 561 g/mol. The summed E-state index contributed by atoms with van der Waals surface area (Å²) in [4.78, 5) is 26.1. The van der Waals surface area contributed by atoms with Crippen molar-refractivity contribution >= 4 is 33.3 Å². The van der Waals surface area contributed by atoms with E-state index >= 15 is 0 Å². The monoisotopic (exact) mass is 560 g/mol. The summed E-state index contributed by atoms with van der Waals surface area (Å²) in [6.07, 6.45) is 1.40. The minimum Gasteiger partial charge on any atom is -0.392 e. The number of aliphatic hydroxyl groups excluding tert-OH is 1. The molecule has 0 atom stereocenters. The van der Waals surface area contributed by atoms with Crippen molar-refractivity contribution in [3.8, 4) is 11.4 Å². The first-order chi connectivity index (χ1) is 18.8. The molecule has 0 saturated heterocycles. The van der Waals surface area contributed by atoms with Gasteiger partial charge < -0.3 is 16.2 Å². The number of amides is 1. The summed E-state index contributed by atoms with van der Waals surface area (Å²) in [7, 11) is -3.38. The molecule has 1 amide bonds. The summed E-state index contributed by atoms with van der Waals surface area (Å²) in [5, 5.41) is 13.1. The molecule has 4 rings (SSSR count). The summed E-state index contributed by atoms with van der Waals surface area (Å²) in [6, 6.07) is 19.4. The van der Waals surface area contributed by atoms with Gasteiger partial charge in [-0.3, -0.25) is 9.52 Å². The first kappa shape index (κ1) is 28.7. The van der Waals surface area contributed by atoms with Crippen LogP contribution in [0.25, 0.3) is 11.4 Å². The number of hydrogen-bond donors (Lipinski definition) is 4. The smallest absolute Gasteiger partial charge is 0.255 e. The molecular formula is C29H32N6O4S. The van der Waals surface area contributed by atoms with Gasteiger partial charge in [-0.05, 0) is 46.9 Å². The van der Waals surface area contributed by atoms with Crippen LogP contribution in [0.2, 0.25) is 0 Å². The number of nitrogen functional groups attached to an aromatic ring is 1. The Hall–Kier alpha value is -4.35. The number of rotatable bonds is 8. The van der Waals surface area contributed by atoms with Gasteiger partial charge in [-0.2, -0.15) is 9.97 Å². The van der Waals surface area contributed by atoms with E-state index in [1.54, 1.807) is 54.6 Å². The molecule has 11 heteroatoms. The zero-order valence-corrected chi connectivity index (χ0v) is 23.6. The molecule has 1 aromatic heterocycles. The molecule has 10 nitrogen and oxygen atoms in total. The van der Waals surface area contributed by atoms with Crippen LogP contribution in [0.1, 0.15) is 53.6 Å². The van der Waals surface area contributed by atoms with Gasteiger partial charge in [0.15, 0.2) is 5.82 Å². The van der Waals surface area contributed by atoms with Crippen LogP contribution >= 0.6 is 0 Å². The van der Waals surface area contributed by atoms with Gasteiger partial charge in [0, 0.05) is 34.5 Å². The topological polar surface area (TPSA) is 160 Å². The van der Waals surface area contributed by atoms with E-state index in [-0.39, 0.29) is 29.7 Å². The van der Waals surface area contributed by atoms with Gasteiger partial charge in [-0.25, -0.2) is 13.4 Å². The highest BCUT2D eigenvalue weighted by molar-refractivity contribution is 7.92. The highest BCUT2D eigenvalue weighted by Gasteiger charge is 2.18. The van der Waals surface area contributed by atoms with E-state index in [9.17, 15) is 18.3 Å². The maximum absolute atomic E-state index is 13.0. The number of benzene rings is 3. The molecule has 0 fully saturated rings. The second-order valence-corrected chi connectivity index (χ2v) is 12.2. The molecule has 5 N–H and O–H groups in total. The third-order valence-corrected chi connectivity index (χ3v) is 6.76. The van der Waals surface area contributed by atoms with Gasteiger partial charge in [0.1, 0.15) is 5.82 Å². The standard InChI is InChI=1S/C29H32N6O4S/c1-29(2,3)20-12-10-19(11-13-20)27(37)31-24-7-5-6-22(23(24)17-36)26-32-25(33-28(30)34-26)16-18-8-14-21(15-9-18)35-40(4,38)39/h5-15,35-36H,16-17H2,1-4H3,(H,31,37)(H2,30,32,33,34). The van der Waals surface area contributed by atoms with Crippen molar-refractivity contribution < 1.29 is 18.3 Å². The number of aliphatic hydroxyl groups is 1. The summed E-state index contributed by atoms with van der Waals surface area (Å²) in [5.74, 6) is 0.348. The summed E-state index contributed by atoms with van der Waals surface area (Å²) >= 11 is 0. The molecule has 0 saturated carbocycles. The number of nitrogens with zero attached hydrogens (tertiary/aromatic N) is 3. The molecule has 3 aromatic carbocycles. The van der Waals surface area contributed by atoms with E-state index < -0.39 is 10.0 Å². The Morgan fingerprint density at radius 2 is 1.62 bits per heavy atom. The number of carbonyl (C=O) groups is 1. The van der Waals surface area contributed by atoms with Crippen LogP contribution in [-0.4, -0.2) is 40.6 Å². The molecule has 0 spiro atoms. The molecule has 0 unspecified atom stereocenters. The molecule has 0 radical (unpaired) electrons. The number of nitrogens with two attached hydrogens (primary N) is 1. The van der Waals surface area contributed by atoms with E-state index in [1.807, 2.05) is 12.1 Å². The SMILES string of the molecule is CC(C)(C)c1ccc(C(=O)Nc2cccc(-c3nc(N)nc(Cc4ccc(NS(C)(=O)=O)cc4)n3)c2CO)cc1. The van der Waals surface area contributed by atoms with Crippen molar-refractivity contribution in [2.45, 2.75) is 39.2 Å². The maximum Gasteiger partial charge on any atom is 0.255 e. The number of sulfonamides is 1. The Bertz CT molecular complexity index is 1630. The zero-order chi connectivity index (χ0) is 29.1. The molecular weight excluding hydrogens is 528 g/mol. The fourth-order valence-electron chi connectivity index (χ4n) is 4.12. The van der Waals surface area contributed by atoms with Gasteiger partial charge in [0.2, 0.25) is 16.0 Å². The third kappa shape index (κ3) is 7.19. The molecule has 1 heterocycles. The summed E-state index contributed by atoms with van der Waals surface area (Å²) in [6.45, 7) is 5.95. The van der Waals surface area contributed by atoms with E-state index in [1.165, 1.54) is 0 Å². The van der Waals surface area contributed by atoms with Gasteiger partial charge in [0.25, 0.3) is 5.91 Å². The van der Waals surface area contributed by atoms with Crippen molar-refractivity contribution in [1.29, 1.82) is 0 Å². The molecule has 40 heavy (non-hydrogen) atoms. The summed E-state index contributed by atoms with van der Waals surface area (Å²) in [5.41, 5.74) is 10.2. The number of aromatic nitrogens is 3. The predicted octanol–water partition coefficient (Wildman–Crippen LogP) is 4.13. The third-order valence-electron chi connectivity index (χ3n) is 6.15. The molecule has 0 bridgehead atoms. The van der Waals surface area contributed by atoms with Crippen molar-refractivity contribution in [1.82, 2.24) is 15.0 Å². The molecule has 0 aliphatic carbocycles. The molecule has 0 aliphatic rings. The van der Waals surface area contributed by atoms with E-state index in [2.05, 4.69) is 45.8 Å². The second kappa shape index (κ2) is 11.4. The average Bonchev–Trinajstić information content (AvgIpc) is 2.88. The lowest BCUT2D eigenvalue weighted by Crippen LogP contribution is -2.15. The first-order valence-electron chi connectivity index (χ1n) is 12.5. The van der Waals surface area contributed by atoms with Crippen molar-refractivity contribution in [3.63, 3.8) is 0 Å². The molecule has 4 aromatic rings. The molecule has 0 aliphatic heterocycles. The largest absolute Gasteiger partial charge is 0.392 e.